The van der Waals surface area contributed by atoms with Gasteiger partial charge in [0.1, 0.15) is 12.2 Å². The van der Waals surface area contributed by atoms with E-state index in [-0.39, 0.29) is 13.0 Å². The lowest BCUT2D eigenvalue weighted by Crippen LogP contribution is -2.29. The molecule has 3 N–H and O–H groups in total. The van der Waals surface area contributed by atoms with Crippen LogP contribution in [0, 0.1) is 0 Å². The normalized spacial score (nSPS) is 14.8. The molecule has 0 bridgehead atoms. The average Bonchev–Trinajstić information content (AvgIpc) is 3.16. The van der Waals surface area contributed by atoms with E-state index in [4.69, 9.17) is 23.6 Å². The van der Waals surface area contributed by atoms with Crippen LogP contribution < -0.4 is 0 Å². The molecule has 0 saturated carbocycles. The van der Waals surface area contributed by atoms with Crippen molar-refractivity contribution in [3.63, 3.8) is 0 Å². The van der Waals surface area contributed by atoms with Crippen molar-refractivity contribution >= 4 is 13.8 Å². The summed E-state index contributed by atoms with van der Waals surface area (Å²) in [5.74, 6) is -0.410. The number of carbonyl (C=O) groups excluding carboxylic acids is 1. The van der Waals surface area contributed by atoms with Crippen LogP contribution in [0.3, 0.4) is 0 Å². The Labute approximate surface area is 329 Å². The molecule has 0 rings (SSSR count). The van der Waals surface area contributed by atoms with Crippen LogP contribution in [0.4, 0.5) is 0 Å². The molecule has 54 heavy (non-hydrogen) atoms. The minimum absolute atomic E-state index is 0.0129. The zero-order valence-electron chi connectivity index (χ0n) is 33.9. The first-order valence-electron chi connectivity index (χ1n) is 20.9. The van der Waals surface area contributed by atoms with E-state index in [1.165, 1.54) is 44.9 Å². The molecular formula is C44H77O9P. The zero-order chi connectivity index (χ0) is 39.6. The molecule has 312 valence electrons. The Morgan fingerprint density at radius 2 is 1.06 bits per heavy atom. The fraction of sp³-hybridized carbons (Fsp3) is 0.705. The third kappa shape index (κ3) is 39.6. The molecule has 0 heterocycles. The maximum absolute atomic E-state index is 12.6. The number of hydrogen-bond acceptors (Lipinski definition) is 8. The van der Waals surface area contributed by atoms with Crippen molar-refractivity contribution in [1.82, 2.24) is 0 Å². The zero-order valence-corrected chi connectivity index (χ0v) is 34.8. The van der Waals surface area contributed by atoms with Gasteiger partial charge in [0.05, 0.1) is 26.4 Å². The second-order valence-electron chi connectivity index (χ2n) is 13.6. The van der Waals surface area contributed by atoms with E-state index in [1.807, 2.05) is 0 Å². The van der Waals surface area contributed by atoms with Gasteiger partial charge in [-0.1, -0.05) is 138 Å². The van der Waals surface area contributed by atoms with Crippen molar-refractivity contribution in [1.29, 1.82) is 0 Å². The third-order valence-corrected chi connectivity index (χ3v) is 9.33. The Bertz CT molecular complexity index is 1070. The van der Waals surface area contributed by atoms with Gasteiger partial charge in [-0.2, -0.15) is 0 Å². The maximum Gasteiger partial charge on any atom is 0.472 e. The number of esters is 1. The number of allylic oxidation sites excluding steroid dienone is 12. The Balaban J connectivity index is 4.31. The van der Waals surface area contributed by atoms with Crippen LogP contribution in [0.25, 0.3) is 0 Å². The summed E-state index contributed by atoms with van der Waals surface area (Å²) in [7, 11) is -4.53. The lowest BCUT2D eigenvalue weighted by atomic mass is 10.1. The first-order valence-corrected chi connectivity index (χ1v) is 22.4. The van der Waals surface area contributed by atoms with Crippen molar-refractivity contribution in [2.75, 3.05) is 33.0 Å². The Hall–Kier alpha value is -2.10. The lowest BCUT2D eigenvalue weighted by Gasteiger charge is -2.20. The molecule has 0 aliphatic heterocycles. The van der Waals surface area contributed by atoms with Crippen LogP contribution in [0.15, 0.2) is 72.9 Å². The first kappa shape index (κ1) is 51.9. The number of phosphoric acid groups is 1. The summed E-state index contributed by atoms with van der Waals surface area (Å²) in [6.07, 6.45) is 47.2. The molecule has 3 unspecified atom stereocenters. The molecule has 3 atom stereocenters. The molecule has 0 amide bonds. The van der Waals surface area contributed by atoms with E-state index < -0.39 is 45.8 Å². The Kier molecular flexibility index (Phi) is 39.0. The number of carbonyl (C=O) groups is 1. The van der Waals surface area contributed by atoms with Crippen LogP contribution in [0.1, 0.15) is 155 Å². The summed E-state index contributed by atoms with van der Waals surface area (Å²) in [6, 6.07) is 0. The highest BCUT2D eigenvalue weighted by Gasteiger charge is 2.26. The maximum atomic E-state index is 12.6. The molecule has 0 aromatic rings. The van der Waals surface area contributed by atoms with E-state index in [0.717, 1.165) is 83.5 Å². The fourth-order valence-electron chi connectivity index (χ4n) is 5.20. The van der Waals surface area contributed by atoms with Crippen molar-refractivity contribution in [3.05, 3.63) is 72.9 Å². The van der Waals surface area contributed by atoms with Crippen LogP contribution >= 0.6 is 7.82 Å². The molecule has 0 spiro atoms. The second kappa shape index (κ2) is 40.6. The number of unbranched alkanes of at least 4 members (excludes halogenated alkanes) is 13. The van der Waals surface area contributed by atoms with Gasteiger partial charge in [-0.25, -0.2) is 4.57 Å². The topological polar surface area (TPSA) is 132 Å². The highest BCUT2D eigenvalue weighted by molar-refractivity contribution is 7.47. The van der Waals surface area contributed by atoms with E-state index in [1.54, 1.807) is 0 Å². The minimum atomic E-state index is -4.53. The van der Waals surface area contributed by atoms with E-state index >= 15 is 0 Å². The third-order valence-electron chi connectivity index (χ3n) is 8.38. The van der Waals surface area contributed by atoms with E-state index in [2.05, 4.69) is 86.8 Å². The van der Waals surface area contributed by atoms with Crippen LogP contribution in [0.2, 0.25) is 0 Å². The van der Waals surface area contributed by atoms with Crippen molar-refractivity contribution in [2.45, 2.75) is 167 Å². The van der Waals surface area contributed by atoms with Crippen molar-refractivity contribution in [3.8, 4) is 0 Å². The van der Waals surface area contributed by atoms with Gasteiger partial charge < -0.3 is 24.6 Å². The number of ether oxygens (including phenoxy) is 2. The molecule has 0 radical (unpaired) electrons. The minimum Gasteiger partial charge on any atom is -0.457 e. The van der Waals surface area contributed by atoms with Gasteiger partial charge in [-0.15, -0.1) is 0 Å². The Morgan fingerprint density at radius 1 is 0.593 bits per heavy atom. The molecule has 0 aromatic carbocycles. The van der Waals surface area contributed by atoms with Crippen LogP contribution in [-0.4, -0.2) is 66.3 Å². The lowest BCUT2D eigenvalue weighted by molar-refractivity contribution is -0.154. The molecule has 0 fully saturated rings. The van der Waals surface area contributed by atoms with Crippen molar-refractivity contribution < 1.29 is 43.0 Å². The second-order valence-corrected chi connectivity index (χ2v) is 15.1. The van der Waals surface area contributed by atoms with Crippen LogP contribution in [-0.2, 0) is 27.9 Å². The number of hydrogen-bond donors (Lipinski definition) is 3. The standard InChI is InChI=1S/C44H77O9P/c1-3-5-7-9-11-13-15-17-19-20-21-23-25-27-29-31-33-35-37-50-40-43(41-52-54(48,49)51-39-42(46)38-45)53-44(47)36-34-32-30-28-26-24-22-18-16-14-12-10-8-6-4-2/h5,7,11,13,17-19,21-23,27,29,42-43,45-46H,3-4,6,8-10,12,14-16,20,24-26,28,30-41H2,1-2H3,(H,48,49)/b7-5-,13-11-,19-17-,22-18-,23-21-,29-27-. The van der Waals surface area contributed by atoms with Gasteiger partial charge in [-0.05, 0) is 83.5 Å². The summed E-state index contributed by atoms with van der Waals surface area (Å²) in [5, 5.41) is 18.3. The quantitative estimate of drug-likeness (QED) is 0.0241. The van der Waals surface area contributed by atoms with Crippen molar-refractivity contribution in [2.24, 2.45) is 0 Å². The monoisotopic (exact) mass is 781 g/mol. The molecule has 0 aromatic heterocycles. The van der Waals surface area contributed by atoms with Gasteiger partial charge in [0.15, 0.2) is 0 Å². The van der Waals surface area contributed by atoms with Crippen LogP contribution in [0.5, 0.6) is 0 Å². The van der Waals surface area contributed by atoms with Gasteiger partial charge in [-0.3, -0.25) is 13.8 Å². The van der Waals surface area contributed by atoms with E-state index in [0.29, 0.717) is 13.0 Å². The molecule has 0 aliphatic carbocycles. The summed E-state index contributed by atoms with van der Waals surface area (Å²) in [6.45, 7) is 3.25. The number of aliphatic hydroxyl groups is 2. The average molecular weight is 781 g/mol. The highest BCUT2D eigenvalue weighted by atomic mass is 31.2. The summed E-state index contributed by atoms with van der Waals surface area (Å²) in [5.41, 5.74) is 0. The first-order chi connectivity index (χ1) is 26.3. The summed E-state index contributed by atoms with van der Waals surface area (Å²) >= 11 is 0. The molecule has 10 heteroatoms. The van der Waals surface area contributed by atoms with E-state index in [9.17, 15) is 19.4 Å². The molecule has 0 aliphatic rings. The predicted octanol–water partition coefficient (Wildman–Crippen LogP) is 11.4. The smallest absolute Gasteiger partial charge is 0.457 e. The van der Waals surface area contributed by atoms with Gasteiger partial charge >= 0.3 is 13.8 Å². The largest absolute Gasteiger partial charge is 0.472 e. The Morgan fingerprint density at radius 3 is 1.61 bits per heavy atom. The SMILES string of the molecule is CC/C=C\C/C=C\C/C=C\C/C=C\C/C=C\CCCCOCC(COP(=O)(O)OCC(O)CO)OC(=O)CCCCCCC/C=C\CCCCCCCC. The number of phosphoric ester groups is 1. The summed E-state index contributed by atoms with van der Waals surface area (Å²) in [4.78, 5) is 22.5. The van der Waals surface area contributed by atoms with Gasteiger partial charge in [0.2, 0.25) is 0 Å². The molecule has 9 nitrogen and oxygen atoms in total. The molecular weight excluding hydrogens is 703 g/mol. The predicted molar refractivity (Wildman–Crippen MR) is 223 cm³/mol. The summed E-state index contributed by atoms with van der Waals surface area (Å²) < 4.78 is 33.3. The number of rotatable bonds is 39. The fourth-order valence-corrected chi connectivity index (χ4v) is 5.99. The number of aliphatic hydroxyl groups excluding tert-OH is 2. The molecule has 0 saturated heterocycles. The van der Waals surface area contributed by atoms with Gasteiger partial charge in [0.25, 0.3) is 0 Å². The highest BCUT2D eigenvalue weighted by Crippen LogP contribution is 2.43. The van der Waals surface area contributed by atoms with Gasteiger partial charge in [0, 0.05) is 13.0 Å².